The van der Waals surface area contributed by atoms with Crippen LogP contribution in [0.1, 0.15) is 10.4 Å². The fourth-order valence-corrected chi connectivity index (χ4v) is 4.22. The highest BCUT2D eigenvalue weighted by molar-refractivity contribution is 9.10. The number of rotatable bonds is 3. The summed E-state index contributed by atoms with van der Waals surface area (Å²) in [4.78, 5) is 14.9. The molecule has 3 aromatic rings. The summed E-state index contributed by atoms with van der Waals surface area (Å²) in [6, 6.07) is 8.51. The van der Waals surface area contributed by atoms with E-state index in [2.05, 4.69) is 21.0 Å². The Morgan fingerprint density at radius 2 is 1.92 bits per heavy atom. The van der Waals surface area contributed by atoms with Gasteiger partial charge in [-0.25, -0.2) is 9.07 Å². The lowest BCUT2D eigenvalue weighted by Crippen LogP contribution is -2.38. The molecular formula is C18H16BrFN4OS. The standard InChI is InChI=1S/C18H16BrFN4OS/c19-13-3-4-16(15(20)11-13)24-17(22-5-1-2-6-22)14(12-21-24)18(25)23-7-9-26-10-8-23/h1-6,11-12H,7-10H2. The van der Waals surface area contributed by atoms with Gasteiger partial charge in [-0.05, 0) is 30.3 Å². The topological polar surface area (TPSA) is 43.1 Å². The summed E-state index contributed by atoms with van der Waals surface area (Å²) in [6.45, 7) is 1.43. The number of aromatic nitrogens is 3. The van der Waals surface area contributed by atoms with E-state index >= 15 is 0 Å². The van der Waals surface area contributed by atoms with Gasteiger partial charge in [0, 0.05) is 41.5 Å². The van der Waals surface area contributed by atoms with Crippen molar-refractivity contribution in [2.24, 2.45) is 0 Å². The van der Waals surface area contributed by atoms with Crippen molar-refractivity contribution in [3.63, 3.8) is 0 Å². The van der Waals surface area contributed by atoms with E-state index in [0.29, 0.717) is 34.6 Å². The van der Waals surface area contributed by atoms with E-state index in [-0.39, 0.29) is 5.91 Å². The van der Waals surface area contributed by atoms with Gasteiger partial charge < -0.3 is 9.47 Å². The Hall–Kier alpha value is -2.06. The van der Waals surface area contributed by atoms with Crippen LogP contribution in [-0.4, -0.2) is 49.7 Å². The van der Waals surface area contributed by atoms with Crippen LogP contribution in [0.5, 0.6) is 0 Å². The number of nitrogens with zero attached hydrogens (tertiary/aromatic N) is 4. The van der Waals surface area contributed by atoms with Crippen LogP contribution in [-0.2, 0) is 0 Å². The van der Waals surface area contributed by atoms with Crippen molar-refractivity contribution in [2.45, 2.75) is 0 Å². The average Bonchev–Trinajstić information content (AvgIpc) is 3.31. The predicted octanol–water partition coefficient (Wildman–Crippen LogP) is 3.75. The third-order valence-corrected chi connectivity index (χ3v) is 5.70. The number of carbonyl (C=O) groups excluding carboxylic acids is 1. The van der Waals surface area contributed by atoms with Crippen molar-refractivity contribution in [2.75, 3.05) is 24.6 Å². The monoisotopic (exact) mass is 434 g/mol. The number of hydrogen-bond acceptors (Lipinski definition) is 3. The van der Waals surface area contributed by atoms with Gasteiger partial charge in [0.2, 0.25) is 0 Å². The molecule has 4 rings (SSSR count). The van der Waals surface area contributed by atoms with E-state index < -0.39 is 5.82 Å². The quantitative estimate of drug-likeness (QED) is 0.630. The minimum Gasteiger partial charge on any atom is -0.337 e. The lowest BCUT2D eigenvalue weighted by Gasteiger charge is -2.26. The molecule has 1 aliphatic heterocycles. The third-order valence-electron chi connectivity index (χ3n) is 4.26. The van der Waals surface area contributed by atoms with Crippen LogP contribution in [0, 0.1) is 5.82 Å². The normalized spacial score (nSPS) is 14.6. The number of amides is 1. The second-order valence-electron chi connectivity index (χ2n) is 5.88. The Kier molecular flexibility index (Phi) is 4.86. The Morgan fingerprint density at radius 3 is 2.62 bits per heavy atom. The molecule has 0 radical (unpaired) electrons. The molecule has 0 bridgehead atoms. The highest BCUT2D eigenvalue weighted by atomic mass is 79.9. The number of thioether (sulfide) groups is 1. The Labute approximate surface area is 162 Å². The van der Waals surface area contributed by atoms with Crippen molar-refractivity contribution in [3.8, 4) is 11.5 Å². The second kappa shape index (κ2) is 7.28. The molecule has 1 aliphatic rings. The maximum atomic E-state index is 14.5. The molecule has 0 spiro atoms. The van der Waals surface area contributed by atoms with Crippen LogP contribution in [0.3, 0.4) is 0 Å². The molecule has 1 amide bonds. The van der Waals surface area contributed by atoms with Crippen LogP contribution < -0.4 is 0 Å². The molecule has 134 valence electrons. The van der Waals surface area contributed by atoms with Gasteiger partial charge in [-0.1, -0.05) is 15.9 Å². The third kappa shape index (κ3) is 3.19. The van der Waals surface area contributed by atoms with Crippen LogP contribution in [0.2, 0.25) is 0 Å². The molecule has 1 saturated heterocycles. The molecule has 2 aromatic heterocycles. The summed E-state index contributed by atoms with van der Waals surface area (Å²) in [6.07, 6.45) is 5.18. The average molecular weight is 435 g/mol. The molecule has 8 heteroatoms. The van der Waals surface area contributed by atoms with Gasteiger partial charge in [-0.3, -0.25) is 4.79 Å². The molecule has 1 fully saturated rings. The molecular weight excluding hydrogens is 419 g/mol. The maximum absolute atomic E-state index is 14.5. The number of hydrogen-bond donors (Lipinski definition) is 0. The first-order chi connectivity index (χ1) is 12.6. The molecule has 26 heavy (non-hydrogen) atoms. The zero-order chi connectivity index (χ0) is 18.1. The van der Waals surface area contributed by atoms with E-state index in [9.17, 15) is 9.18 Å². The largest absolute Gasteiger partial charge is 0.337 e. The maximum Gasteiger partial charge on any atom is 0.259 e. The van der Waals surface area contributed by atoms with E-state index in [1.165, 1.54) is 16.9 Å². The van der Waals surface area contributed by atoms with Crippen LogP contribution in [0.25, 0.3) is 11.5 Å². The summed E-state index contributed by atoms with van der Waals surface area (Å²) in [5, 5.41) is 4.34. The van der Waals surface area contributed by atoms with Crippen molar-refractivity contribution in [1.82, 2.24) is 19.2 Å². The van der Waals surface area contributed by atoms with Crippen LogP contribution in [0.15, 0.2) is 53.4 Å². The predicted molar refractivity (Wildman–Crippen MR) is 104 cm³/mol. The first kappa shape index (κ1) is 17.4. The van der Waals surface area contributed by atoms with Crippen molar-refractivity contribution < 1.29 is 9.18 Å². The van der Waals surface area contributed by atoms with Gasteiger partial charge in [0.15, 0.2) is 5.82 Å². The van der Waals surface area contributed by atoms with Crippen molar-refractivity contribution in [3.05, 3.63) is 64.8 Å². The highest BCUT2D eigenvalue weighted by Crippen LogP contribution is 2.25. The zero-order valence-electron chi connectivity index (χ0n) is 13.8. The van der Waals surface area contributed by atoms with E-state index in [4.69, 9.17) is 0 Å². The van der Waals surface area contributed by atoms with Gasteiger partial charge >= 0.3 is 0 Å². The lowest BCUT2D eigenvalue weighted by molar-refractivity contribution is 0.0772. The summed E-state index contributed by atoms with van der Waals surface area (Å²) in [7, 11) is 0. The SMILES string of the molecule is O=C(c1cnn(-c2ccc(Br)cc2F)c1-n1cccc1)N1CCSCC1. The van der Waals surface area contributed by atoms with Crippen molar-refractivity contribution in [1.29, 1.82) is 0 Å². The van der Waals surface area contributed by atoms with Gasteiger partial charge in [-0.15, -0.1) is 0 Å². The summed E-state index contributed by atoms with van der Waals surface area (Å²) in [5.41, 5.74) is 0.764. The fraction of sp³-hybridized carbons (Fsp3) is 0.222. The molecule has 0 unspecified atom stereocenters. The zero-order valence-corrected chi connectivity index (χ0v) is 16.2. The Balaban J connectivity index is 1.83. The minimum absolute atomic E-state index is 0.0715. The number of benzene rings is 1. The Bertz CT molecular complexity index is 935. The van der Waals surface area contributed by atoms with Crippen molar-refractivity contribution >= 4 is 33.6 Å². The van der Waals surface area contributed by atoms with Crippen LogP contribution >= 0.6 is 27.7 Å². The molecule has 5 nitrogen and oxygen atoms in total. The first-order valence-electron chi connectivity index (χ1n) is 8.19. The van der Waals surface area contributed by atoms with E-state index in [1.807, 2.05) is 41.2 Å². The summed E-state index contributed by atoms with van der Waals surface area (Å²) >= 11 is 5.11. The molecule has 3 heterocycles. The molecule has 0 atom stereocenters. The van der Waals surface area contributed by atoms with Gasteiger partial charge in [0.05, 0.1) is 6.20 Å². The summed E-state index contributed by atoms with van der Waals surface area (Å²) in [5.74, 6) is 1.92. The fourth-order valence-electron chi connectivity index (χ4n) is 2.98. The van der Waals surface area contributed by atoms with E-state index in [1.54, 1.807) is 16.7 Å². The lowest BCUT2D eigenvalue weighted by atomic mass is 10.2. The Morgan fingerprint density at radius 1 is 1.19 bits per heavy atom. The molecule has 1 aromatic carbocycles. The van der Waals surface area contributed by atoms with Crippen LogP contribution in [0.4, 0.5) is 4.39 Å². The summed E-state index contributed by atoms with van der Waals surface area (Å²) < 4.78 is 18.4. The molecule has 0 aliphatic carbocycles. The minimum atomic E-state index is -0.413. The number of carbonyl (C=O) groups is 1. The van der Waals surface area contributed by atoms with Gasteiger partial charge in [0.1, 0.15) is 17.1 Å². The van der Waals surface area contributed by atoms with Gasteiger partial charge in [-0.2, -0.15) is 16.9 Å². The van der Waals surface area contributed by atoms with E-state index in [0.717, 1.165) is 11.5 Å². The molecule has 0 saturated carbocycles. The van der Waals surface area contributed by atoms with Gasteiger partial charge in [0.25, 0.3) is 5.91 Å². The highest BCUT2D eigenvalue weighted by Gasteiger charge is 2.26. The number of halogens is 2. The smallest absolute Gasteiger partial charge is 0.259 e. The molecule has 0 N–H and O–H groups in total. The first-order valence-corrected chi connectivity index (χ1v) is 10.1. The second-order valence-corrected chi connectivity index (χ2v) is 8.02.